The Balaban J connectivity index is 1.81. The molecule has 0 aliphatic carbocycles. The van der Waals surface area contributed by atoms with Crippen LogP contribution in [0.3, 0.4) is 0 Å². The van der Waals surface area contributed by atoms with E-state index < -0.39 is 0 Å². The van der Waals surface area contributed by atoms with Crippen LogP contribution in [0.25, 0.3) is 0 Å². The highest BCUT2D eigenvalue weighted by atomic mass is 79.9. The highest BCUT2D eigenvalue weighted by Gasteiger charge is 2.34. The van der Waals surface area contributed by atoms with Crippen LogP contribution in [0.2, 0.25) is 0 Å². The largest absolute Gasteiger partial charge is 0.351 e. The van der Waals surface area contributed by atoms with Gasteiger partial charge in [-0.25, -0.2) is 10.0 Å². The van der Waals surface area contributed by atoms with E-state index in [-0.39, 0.29) is 6.04 Å². The lowest BCUT2D eigenvalue weighted by Gasteiger charge is -2.39. The first-order valence-electron chi connectivity index (χ1n) is 8.28. The minimum Gasteiger partial charge on any atom is -0.351 e. The second-order valence-corrected chi connectivity index (χ2v) is 7.46. The zero-order valence-corrected chi connectivity index (χ0v) is 15.8. The van der Waals surface area contributed by atoms with Crippen molar-refractivity contribution in [3.05, 3.63) is 22.7 Å². The van der Waals surface area contributed by atoms with Crippen LogP contribution in [0, 0.1) is 0 Å². The molecule has 4 rings (SSSR count). The Labute approximate surface area is 150 Å². The minimum absolute atomic E-state index is 0.0888. The number of likely N-dealkylation sites (N-methyl/N-ethyl adjacent to an activating group) is 1. The van der Waals surface area contributed by atoms with Gasteiger partial charge >= 0.3 is 0 Å². The molecule has 0 aromatic heterocycles. The van der Waals surface area contributed by atoms with E-state index >= 15 is 0 Å². The molecule has 24 heavy (non-hydrogen) atoms. The summed E-state index contributed by atoms with van der Waals surface area (Å²) in [7, 11) is 2.16. The molecule has 0 bridgehead atoms. The van der Waals surface area contributed by atoms with Crippen molar-refractivity contribution in [3.63, 3.8) is 0 Å². The standard InChI is InChI=1S/C17H21BrN6/c1-11-12(2)21-24-15-5-4-13(18)10-14(15)20-16(17(24)19-11)23-8-6-22(3)7-9-23/h4-5,10-11H,6-9H2,1-3H3. The fourth-order valence-electron chi connectivity index (χ4n) is 3.10. The Bertz CT molecular complexity index is 760. The van der Waals surface area contributed by atoms with Crippen molar-refractivity contribution in [2.75, 3.05) is 38.2 Å². The van der Waals surface area contributed by atoms with Gasteiger partial charge in [-0.2, -0.15) is 5.10 Å². The fourth-order valence-corrected chi connectivity index (χ4v) is 3.45. The highest BCUT2D eigenvalue weighted by Crippen LogP contribution is 2.37. The third kappa shape index (κ3) is 2.65. The molecule has 3 aliphatic heterocycles. The zero-order chi connectivity index (χ0) is 16.8. The molecule has 126 valence electrons. The van der Waals surface area contributed by atoms with Crippen LogP contribution in [0.15, 0.2) is 37.8 Å². The number of halogens is 1. The van der Waals surface area contributed by atoms with Gasteiger partial charge in [-0.05, 0) is 39.1 Å². The van der Waals surface area contributed by atoms with Gasteiger partial charge in [-0.1, -0.05) is 15.9 Å². The maximum absolute atomic E-state index is 4.95. The van der Waals surface area contributed by atoms with E-state index in [0.717, 1.165) is 59.4 Å². The van der Waals surface area contributed by atoms with E-state index in [1.54, 1.807) is 0 Å². The quantitative estimate of drug-likeness (QED) is 0.686. The number of piperazine rings is 1. The van der Waals surface area contributed by atoms with Crippen molar-refractivity contribution in [1.29, 1.82) is 0 Å². The molecule has 3 aliphatic rings. The lowest BCUT2D eigenvalue weighted by atomic mass is 10.1. The van der Waals surface area contributed by atoms with Gasteiger partial charge in [0.25, 0.3) is 0 Å². The number of fused-ring (bicyclic) bond motifs is 3. The second-order valence-electron chi connectivity index (χ2n) is 6.54. The van der Waals surface area contributed by atoms with Crippen LogP contribution < -0.4 is 5.01 Å². The SMILES string of the molecule is CC1=NN2C(=NC1C)C(N1CCN(C)CC1)=Nc1cc(Br)ccc12. The summed E-state index contributed by atoms with van der Waals surface area (Å²) in [5.74, 6) is 1.81. The Morgan fingerprint density at radius 3 is 2.62 bits per heavy atom. The van der Waals surface area contributed by atoms with Gasteiger partial charge in [0.15, 0.2) is 11.7 Å². The molecule has 1 atom stereocenters. The Morgan fingerprint density at radius 2 is 1.88 bits per heavy atom. The Kier molecular flexibility index (Phi) is 3.92. The average molecular weight is 389 g/mol. The summed E-state index contributed by atoms with van der Waals surface area (Å²) in [5.41, 5.74) is 2.94. The minimum atomic E-state index is 0.0888. The van der Waals surface area contributed by atoms with E-state index in [2.05, 4.69) is 39.7 Å². The first-order chi connectivity index (χ1) is 11.5. The molecule has 1 saturated heterocycles. The molecule has 0 amide bonds. The molecular formula is C17H21BrN6. The summed E-state index contributed by atoms with van der Waals surface area (Å²) >= 11 is 3.55. The Morgan fingerprint density at radius 1 is 1.12 bits per heavy atom. The molecule has 0 radical (unpaired) electrons. The van der Waals surface area contributed by atoms with Crippen LogP contribution >= 0.6 is 15.9 Å². The molecule has 3 heterocycles. The first-order valence-corrected chi connectivity index (χ1v) is 9.07. The van der Waals surface area contributed by atoms with Crippen molar-refractivity contribution >= 4 is 44.7 Å². The summed E-state index contributed by atoms with van der Waals surface area (Å²) in [6, 6.07) is 6.21. The molecule has 0 N–H and O–H groups in total. The molecule has 1 unspecified atom stereocenters. The molecule has 6 nitrogen and oxygen atoms in total. The topological polar surface area (TPSA) is 46.8 Å². The number of aliphatic imine (C=N–C) groups is 2. The van der Waals surface area contributed by atoms with Crippen LogP contribution in [0.4, 0.5) is 11.4 Å². The monoisotopic (exact) mass is 388 g/mol. The number of benzene rings is 1. The zero-order valence-electron chi connectivity index (χ0n) is 14.2. The van der Waals surface area contributed by atoms with Crippen molar-refractivity contribution in [3.8, 4) is 0 Å². The molecule has 1 fully saturated rings. The fraction of sp³-hybridized carbons (Fsp3) is 0.471. The number of amidine groups is 2. The number of hydrogen-bond donors (Lipinski definition) is 0. The number of nitrogens with zero attached hydrogens (tertiary/aromatic N) is 6. The summed E-state index contributed by atoms with van der Waals surface area (Å²) in [6.45, 7) is 8.11. The number of rotatable bonds is 0. The van der Waals surface area contributed by atoms with Crippen LogP contribution in [0.1, 0.15) is 13.8 Å². The lowest BCUT2D eigenvalue weighted by Crippen LogP contribution is -2.54. The van der Waals surface area contributed by atoms with Gasteiger partial charge in [-0.15, -0.1) is 0 Å². The van der Waals surface area contributed by atoms with Crippen molar-refractivity contribution in [2.24, 2.45) is 15.1 Å². The van der Waals surface area contributed by atoms with Gasteiger partial charge in [0.2, 0.25) is 0 Å². The smallest absolute Gasteiger partial charge is 0.193 e. The second kappa shape index (κ2) is 5.97. The molecule has 1 aromatic rings. The third-order valence-corrected chi connectivity index (χ3v) is 5.27. The van der Waals surface area contributed by atoms with Gasteiger partial charge in [-0.3, -0.25) is 4.99 Å². The molecule has 7 heteroatoms. The first kappa shape index (κ1) is 15.8. The number of hydrogen-bond acceptors (Lipinski definition) is 6. The van der Waals surface area contributed by atoms with Crippen molar-refractivity contribution < 1.29 is 0 Å². The van der Waals surface area contributed by atoms with Crippen LogP contribution in [-0.2, 0) is 0 Å². The lowest BCUT2D eigenvalue weighted by molar-refractivity contribution is 0.217. The van der Waals surface area contributed by atoms with Crippen molar-refractivity contribution in [1.82, 2.24) is 9.80 Å². The highest BCUT2D eigenvalue weighted by molar-refractivity contribution is 9.10. The maximum atomic E-state index is 4.95. The summed E-state index contributed by atoms with van der Waals surface area (Å²) in [5, 5.41) is 6.76. The maximum Gasteiger partial charge on any atom is 0.193 e. The van der Waals surface area contributed by atoms with E-state index in [9.17, 15) is 0 Å². The van der Waals surface area contributed by atoms with Crippen LogP contribution in [-0.4, -0.2) is 66.5 Å². The van der Waals surface area contributed by atoms with E-state index in [4.69, 9.17) is 15.1 Å². The van der Waals surface area contributed by atoms with E-state index in [1.165, 1.54) is 0 Å². The number of hydrazone groups is 1. The summed E-state index contributed by atoms with van der Waals surface area (Å²) in [6.07, 6.45) is 0. The molecular weight excluding hydrogens is 368 g/mol. The normalized spacial score (nSPS) is 24.0. The summed E-state index contributed by atoms with van der Waals surface area (Å²) in [4.78, 5) is 14.5. The van der Waals surface area contributed by atoms with Gasteiger partial charge in [0, 0.05) is 30.7 Å². The average Bonchev–Trinajstić information content (AvgIpc) is 2.56. The third-order valence-electron chi connectivity index (χ3n) is 4.77. The summed E-state index contributed by atoms with van der Waals surface area (Å²) < 4.78 is 1.02. The van der Waals surface area contributed by atoms with Gasteiger partial charge in [0.1, 0.15) is 0 Å². The van der Waals surface area contributed by atoms with E-state index in [0.29, 0.717) is 0 Å². The van der Waals surface area contributed by atoms with Gasteiger partial charge < -0.3 is 9.80 Å². The van der Waals surface area contributed by atoms with Crippen molar-refractivity contribution in [2.45, 2.75) is 19.9 Å². The molecule has 0 spiro atoms. The molecule has 1 aromatic carbocycles. The van der Waals surface area contributed by atoms with Crippen LogP contribution in [0.5, 0.6) is 0 Å². The van der Waals surface area contributed by atoms with Gasteiger partial charge in [0.05, 0.1) is 23.1 Å². The Hall–Kier alpha value is -1.73. The predicted molar refractivity (Wildman–Crippen MR) is 103 cm³/mol. The predicted octanol–water partition coefficient (Wildman–Crippen LogP) is 2.72. The van der Waals surface area contributed by atoms with E-state index in [1.807, 2.05) is 30.1 Å². The molecule has 0 saturated carbocycles. The number of anilines is 1.